The minimum absolute atomic E-state index is 0.293. The van der Waals surface area contributed by atoms with Crippen molar-refractivity contribution < 1.29 is 13.9 Å². The predicted octanol–water partition coefficient (Wildman–Crippen LogP) is 3.00. The summed E-state index contributed by atoms with van der Waals surface area (Å²) < 4.78 is 19.1. The fourth-order valence-electron chi connectivity index (χ4n) is 3.89. The maximum Gasteiger partial charge on any atom is 0.341 e. The van der Waals surface area contributed by atoms with Crippen LogP contribution in [0.3, 0.4) is 0 Å². The van der Waals surface area contributed by atoms with E-state index in [0.717, 1.165) is 38.3 Å². The van der Waals surface area contributed by atoms with Crippen LogP contribution in [0.1, 0.15) is 23.7 Å². The standard InChI is InChI=1S/C20H22FN3O2/c1-2-26-20(25)17-12-22-18-6-5-14(21)11-16(18)19(17)24-10-7-15(13-24)23-8-3-4-9-23/h3-6,11-12,15H,2,7-10,13H2,1H3. The van der Waals surface area contributed by atoms with Crippen LogP contribution >= 0.6 is 0 Å². The van der Waals surface area contributed by atoms with E-state index < -0.39 is 5.97 Å². The zero-order valence-electron chi connectivity index (χ0n) is 14.8. The highest BCUT2D eigenvalue weighted by Crippen LogP contribution is 2.34. The number of aromatic nitrogens is 1. The number of hydrogen-bond acceptors (Lipinski definition) is 5. The number of carbonyl (C=O) groups excluding carboxylic acids is 1. The van der Waals surface area contributed by atoms with E-state index in [2.05, 4.69) is 26.9 Å². The van der Waals surface area contributed by atoms with Crippen LogP contribution in [0.15, 0.2) is 36.5 Å². The Labute approximate surface area is 152 Å². The average Bonchev–Trinajstić information content (AvgIpc) is 3.32. The van der Waals surface area contributed by atoms with Gasteiger partial charge in [0, 0.05) is 43.8 Å². The van der Waals surface area contributed by atoms with Gasteiger partial charge in [0.05, 0.1) is 17.8 Å². The average molecular weight is 355 g/mol. The fourth-order valence-corrected chi connectivity index (χ4v) is 3.89. The first-order valence-electron chi connectivity index (χ1n) is 9.06. The Bertz CT molecular complexity index is 860. The van der Waals surface area contributed by atoms with Gasteiger partial charge in [0.1, 0.15) is 11.4 Å². The van der Waals surface area contributed by atoms with Crippen LogP contribution < -0.4 is 4.90 Å². The molecule has 0 aliphatic carbocycles. The minimum Gasteiger partial charge on any atom is -0.462 e. The van der Waals surface area contributed by atoms with Crippen LogP contribution in [0.4, 0.5) is 10.1 Å². The lowest BCUT2D eigenvalue weighted by Gasteiger charge is -2.26. The molecule has 0 radical (unpaired) electrons. The van der Waals surface area contributed by atoms with E-state index in [1.807, 2.05) is 0 Å². The van der Waals surface area contributed by atoms with Gasteiger partial charge in [-0.05, 0) is 31.5 Å². The molecule has 3 heterocycles. The molecule has 1 atom stereocenters. The van der Waals surface area contributed by atoms with E-state index >= 15 is 0 Å². The maximum absolute atomic E-state index is 13.9. The Balaban J connectivity index is 1.74. The number of ether oxygens (including phenoxy) is 1. The zero-order valence-corrected chi connectivity index (χ0v) is 14.8. The first-order valence-corrected chi connectivity index (χ1v) is 9.06. The van der Waals surface area contributed by atoms with Gasteiger partial charge in [-0.2, -0.15) is 0 Å². The second-order valence-corrected chi connectivity index (χ2v) is 6.72. The van der Waals surface area contributed by atoms with E-state index in [-0.39, 0.29) is 5.82 Å². The van der Waals surface area contributed by atoms with E-state index in [9.17, 15) is 9.18 Å². The summed E-state index contributed by atoms with van der Waals surface area (Å²) in [5, 5.41) is 0.663. The number of anilines is 1. The van der Waals surface area contributed by atoms with Crippen molar-refractivity contribution in [3.05, 3.63) is 47.9 Å². The Kier molecular flexibility index (Phi) is 4.59. The van der Waals surface area contributed by atoms with Crippen molar-refractivity contribution in [3.8, 4) is 0 Å². The van der Waals surface area contributed by atoms with Gasteiger partial charge in [-0.25, -0.2) is 9.18 Å². The lowest BCUT2D eigenvalue weighted by Crippen LogP contribution is -2.36. The molecule has 4 rings (SSSR count). The predicted molar refractivity (Wildman–Crippen MR) is 99.0 cm³/mol. The van der Waals surface area contributed by atoms with Gasteiger partial charge < -0.3 is 9.64 Å². The molecule has 2 aromatic rings. The molecule has 0 spiro atoms. The lowest BCUT2D eigenvalue weighted by molar-refractivity contribution is 0.0527. The largest absolute Gasteiger partial charge is 0.462 e. The van der Waals surface area contributed by atoms with E-state index in [1.54, 1.807) is 19.2 Å². The van der Waals surface area contributed by atoms with Gasteiger partial charge >= 0.3 is 5.97 Å². The number of benzene rings is 1. The topological polar surface area (TPSA) is 45.7 Å². The van der Waals surface area contributed by atoms with Crippen molar-refractivity contribution in [1.82, 2.24) is 9.88 Å². The summed E-state index contributed by atoms with van der Waals surface area (Å²) in [4.78, 5) is 21.4. The summed E-state index contributed by atoms with van der Waals surface area (Å²) in [6.45, 7) is 5.64. The maximum atomic E-state index is 13.9. The fraction of sp³-hybridized carbons (Fsp3) is 0.400. The molecule has 1 aromatic heterocycles. The second-order valence-electron chi connectivity index (χ2n) is 6.72. The summed E-state index contributed by atoms with van der Waals surface area (Å²) in [6.07, 6.45) is 6.94. The summed E-state index contributed by atoms with van der Waals surface area (Å²) in [5.41, 5.74) is 1.83. The first-order chi connectivity index (χ1) is 12.7. The molecule has 1 aromatic carbocycles. The van der Waals surface area contributed by atoms with Crippen molar-refractivity contribution >= 4 is 22.6 Å². The Morgan fingerprint density at radius 3 is 2.92 bits per heavy atom. The molecule has 1 saturated heterocycles. The molecule has 0 bridgehead atoms. The highest BCUT2D eigenvalue weighted by molar-refractivity contribution is 6.05. The van der Waals surface area contributed by atoms with Crippen molar-refractivity contribution in [1.29, 1.82) is 0 Å². The van der Waals surface area contributed by atoms with E-state index in [4.69, 9.17) is 4.74 Å². The number of halogens is 1. The quantitative estimate of drug-likeness (QED) is 0.623. The van der Waals surface area contributed by atoms with Crippen molar-refractivity contribution in [2.45, 2.75) is 19.4 Å². The molecular formula is C20H22FN3O2. The molecule has 1 unspecified atom stereocenters. The summed E-state index contributed by atoms with van der Waals surface area (Å²) in [6, 6.07) is 4.94. The Morgan fingerprint density at radius 2 is 2.15 bits per heavy atom. The van der Waals surface area contributed by atoms with Crippen LogP contribution in [0, 0.1) is 5.82 Å². The number of hydrogen-bond donors (Lipinski definition) is 0. The Morgan fingerprint density at radius 1 is 1.35 bits per heavy atom. The van der Waals surface area contributed by atoms with Gasteiger partial charge in [-0.1, -0.05) is 12.2 Å². The molecule has 1 fully saturated rings. The molecule has 6 heteroatoms. The molecule has 5 nitrogen and oxygen atoms in total. The Hall–Kier alpha value is -2.47. The molecule has 0 amide bonds. The summed E-state index contributed by atoms with van der Waals surface area (Å²) in [5.74, 6) is -0.742. The third kappa shape index (κ3) is 3.05. The number of fused-ring (bicyclic) bond motifs is 1. The minimum atomic E-state index is -0.410. The molecule has 26 heavy (non-hydrogen) atoms. The van der Waals surface area contributed by atoms with Crippen LogP contribution in [-0.2, 0) is 4.74 Å². The molecule has 136 valence electrons. The van der Waals surface area contributed by atoms with Gasteiger partial charge in [-0.3, -0.25) is 9.88 Å². The smallest absolute Gasteiger partial charge is 0.341 e. The zero-order chi connectivity index (χ0) is 18.1. The van der Waals surface area contributed by atoms with Gasteiger partial charge in [0.25, 0.3) is 0 Å². The lowest BCUT2D eigenvalue weighted by atomic mass is 10.1. The van der Waals surface area contributed by atoms with E-state index in [0.29, 0.717) is 29.1 Å². The second kappa shape index (κ2) is 7.03. The van der Waals surface area contributed by atoms with Crippen LogP contribution in [-0.4, -0.2) is 54.7 Å². The number of pyridine rings is 1. The van der Waals surface area contributed by atoms with Crippen molar-refractivity contribution in [2.24, 2.45) is 0 Å². The SMILES string of the molecule is CCOC(=O)c1cnc2ccc(F)cc2c1N1CCC(N2CC=CC2)C1. The highest BCUT2D eigenvalue weighted by atomic mass is 19.1. The monoisotopic (exact) mass is 355 g/mol. The van der Waals surface area contributed by atoms with Crippen molar-refractivity contribution in [3.63, 3.8) is 0 Å². The normalized spacial score (nSPS) is 20.2. The van der Waals surface area contributed by atoms with E-state index in [1.165, 1.54) is 12.1 Å². The summed E-state index contributed by atoms with van der Waals surface area (Å²) in [7, 11) is 0. The van der Waals surface area contributed by atoms with Crippen LogP contribution in [0.2, 0.25) is 0 Å². The first kappa shape index (κ1) is 17.0. The summed E-state index contributed by atoms with van der Waals surface area (Å²) >= 11 is 0. The molecule has 0 saturated carbocycles. The molecule has 0 N–H and O–H groups in total. The number of rotatable bonds is 4. The number of esters is 1. The number of carbonyl (C=O) groups is 1. The van der Waals surface area contributed by atoms with Crippen molar-refractivity contribution in [2.75, 3.05) is 37.7 Å². The third-order valence-electron chi connectivity index (χ3n) is 5.14. The highest BCUT2D eigenvalue weighted by Gasteiger charge is 2.31. The van der Waals surface area contributed by atoms with Gasteiger partial charge in [0.2, 0.25) is 0 Å². The van der Waals surface area contributed by atoms with Crippen LogP contribution in [0.5, 0.6) is 0 Å². The molecular weight excluding hydrogens is 333 g/mol. The molecule has 2 aliphatic rings. The van der Waals surface area contributed by atoms with Gasteiger partial charge in [-0.15, -0.1) is 0 Å². The van der Waals surface area contributed by atoms with Gasteiger partial charge in [0.15, 0.2) is 0 Å². The molecule has 2 aliphatic heterocycles. The third-order valence-corrected chi connectivity index (χ3v) is 5.14. The van der Waals surface area contributed by atoms with Crippen LogP contribution in [0.25, 0.3) is 10.9 Å². The number of nitrogens with zero attached hydrogens (tertiary/aromatic N) is 3.